The van der Waals surface area contributed by atoms with Gasteiger partial charge in [0.15, 0.2) is 0 Å². The van der Waals surface area contributed by atoms with Gasteiger partial charge in [0.25, 0.3) is 0 Å². The SMILES string of the molecule is CC(=O)NCCNC(=O)CN1CCN(CCOc2ccccc2Cl)CC1. The Kier molecular flexibility index (Phi) is 8.67. The van der Waals surface area contributed by atoms with E-state index >= 15 is 0 Å². The lowest BCUT2D eigenvalue weighted by Crippen LogP contribution is -2.50. The summed E-state index contributed by atoms with van der Waals surface area (Å²) >= 11 is 6.07. The van der Waals surface area contributed by atoms with Crippen LogP contribution in [0.1, 0.15) is 6.92 Å². The fourth-order valence-corrected chi connectivity index (χ4v) is 2.91. The van der Waals surface area contributed by atoms with Crippen LogP contribution in [0, 0.1) is 0 Å². The highest BCUT2D eigenvalue weighted by molar-refractivity contribution is 6.32. The number of ether oxygens (including phenoxy) is 1. The molecule has 0 aliphatic carbocycles. The summed E-state index contributed by atoms with van der Waals surface area (Å²) in [5, 5.41) is 6.09. The van der Waals surface area contributed by atoms with Crippen molar-refractivity contribution < 1.29 is 14.3 Å². The summed E-state index contributed by atoms with van der Waals surface area (Å²) in [6, 6.07) is 7.47. The first-order valence-corrected chi connectivity index (χ1v) is 9.25. The summed E-state index contributed by atoms with van der Waals surface area (Å²) < 4.78 is 5.72. The molecule has 0 aromatic heterocycles. The summed E-state index contributed by atoms with van der Waals surface area (Å²) in [5.74, 6) is 0.614. The average molecular weight is 383 g/mol. The van der Waals surface area contributed by atoms with Gasteiger partial charge in [-0.3, -0.25) is 19.4 Å². The third-order valence-electron chi connectivity index (χ3n) is 4.15. The molecule has 0 saturated carbocycles. The molecule has 0 radical (unpaired) electrons. The number of carbonyl (C=O) groups is 2. The van der Waals surface area contributed by atoms with Crippen LogP contribution in [0.3, 0.4) is 0 Å². The lowest BCUT2D eigenvalue weighted by Gasteiger charge is -2.34. The van der Waals surface area contributed by atoms with E-state index in [1.54, 1.807) is 0 Å². The van der Waals surface area contributed by atoms with Crippen molar-refractivity contribution >= 4 is 23.4 Å². The Labute approximate surface area is 159 Å². The molecule has 1 heterocycles. The van der Waals surface area contributed by atoms with Gasteiger partial charge in [0.05, 0.1) is 11.6 Å². The Bertz CT molecular complexity index is 592. The van der Waals surface area contributed by atoms with Crippen molar-refractivity contribution in [1.29, 1.82) is 0 Å². The maximum Gasteiger partial charge on any atom is 0.234 e. The van der Waals surface area contributed by atoms with Gasteiger partial charge in [-0.25, -0.2) is 0 Å². The molecule has 144 valence electrons. The number of benzene rings is 1. The van der Waals surface area contributed by atoms with Crippen LogP contribution >= 0.6 is 11.6 Å². The molecule has 7 nitrogen and oxygen atoms in total. The van der Waals surface area contributed by atoms with E-state index in [4.69, 9.17) is 16.3 Å². The van der Waals surface area contributed by atoms with Crippen LogP contribution in [0.4, 0.5) is 0 Å². The van der Waals surface area contributed by atoms with Crippen LogP contribution in [0.2, 0.25) is 5.02 Å². The number of amides is 2. The van der Waals surface area contributed by atoms with Gasteiger partial charge >= 0.3 is 0 Å². The second-order valence-electron chi connectivity index (χ2n) is 6.23. The Morgan fingerprint density at radius 2 is 1.73 bits per heavy atom. The molecule has 1 saturated heterocycles. The van der Waals surface area contributed by atoms with Gasteiger partial charge in [-0.2, -0.15) is 0 Å². The van der Waals surface area contributed by atoms with Crippen molar-refractivity contribution in [2.75, 3.05) is 59.0 Å². The molecule has 8 heteroatoms. The summed E-state index contributed by atoms with van der Waals surface area (Å²) in [7, 11) is 0. The minimum Gasteiger partial charge on any atom is -0.491 e. The second-order valence-corrected chi connectivity index (χ2v) is 6.64. The van der Waals surface area contributed by atoms with Crippen molar-refractivity contribution in [3.8, 4) is 5.75 Å². The zero-order valence-electron chi connectivity index (χ0n) is 15.2. The molecule has 0 spiro atoms. The highest BCUT2D eigenvalue weighted by Gasteiger charge is 2.18. The van der Waals surface area contributed by atoms with E-state index < -0.39 is 0 Å². The zero-order chi connectivity index (χ0) is 18.8. The smallest absolute Gasteiger partial charge is 0.234 e. The van der Waals surface area contributed by atoms with Crippen LogP contribution in [-0.2, 0) is 9.59 Å². The number of hydrogen-bond donors (Lipinski definition) is 2. The van der Waals surface area contributed by atoms with E-state index in [0.717, 1.165) is 32.7 Å². The number of carbonyl (C=O) groups excluding carboxylic acids is 2. The summed E-state index contributed by atoms with van der Waals surface area (Å²) in [4.78, 5) is 27.1. The third-order valence-corrected chi connectivity index (χ3v) is 4.47. The maximum absolute atomic E-state index is 11.9. The van der Waals surface area contributed by atoms with Gasteiger partial charge in [0, 0.05) is 52.7 Å². The summed E-state index contributed by atoms with van der Waals surface area (Å²) in [6.45, 7) is 7.71. The number of nitrogens with zero attached hydrogens (tertiary/aromatic N) is 2. The largest absolute Gasteiger partial charge is 0.491 e. The predicted octanol–water partition coefficient (Wildman–Crippen LogP) is 0.589. The molecule has 0 bridgehead atoms. The van der Waals surface area contributed by atoms with Gasteiger partial charge in [-0.05, 0) is 12.1 Å². The van der Waals surface area contributed by atoms with Crippen molar-refractivity contribution in [1.82, 2.24) is 20.4 Å². The molecular formula is C18H27ClN4O3. The second kappa shape index (κ2) is 11.0. The molecule has 1 aliphatic heterocycles. The predicted molar refractivity (Wildman–Crippen MR) is 102 cm³/mol. The third kappa shape index (κ3) is 7.59. The Balaban J connectivity index is 1.56. The highest BCUT2D eigenvalue weighted by Crippen LogP contribution is 2.22. The van der Waals surface area contributed by atoms with Crippen molar-refractivity contribution in [2.45, 2.75) is 6.92 Å². The number of hydrogen-bond acceptors (Lipinski definition) is 5. The van der Waals surface area contributed by atoms with E-state index in [9.17, 15) is 9.59 Å². The van der Waals surface area contributed by atoms with Crippen molar-refractivity contribution in [3.05, 3.63) is 29.3 Å². The van der Waals surface area contributed by atoms with Crippen LogP contribution in [0.5, 0.6) is 5.75 Å². The van der Waals surface area contributed by atoms with Crippen LogP contribution < -0.4 is 15.4 Å². The average Bonchev–Trinajstić information content (AvgIpc) is 2.62. The lowest BCUT2D eigenvalue weighted by molar-refractivity contribution is -0.123. The highest BCUT2D eigenvalue weighted by atomic mass is 35.5. The minimum atomic E-state index is -0.0890. The Morgan fingerprint density at radius 1 is 1.08 bits per heavy atom. The van der Waals surface area contributed by atoms with Gasteiger partial charge < -0.3 is 15.4 Å². The minimum absolute atomic E-state index is 0.00847. The molecular weight excluding hydrogens is 356 g/mol. The molecule has 1 aromatic carbocycles. The van der Waals surface area contributed by atoms with E-state index in [0.29, 0.717) is 37.0 Å². The molecule has 0 atom stereocenters. The fraction of sp³-hybridized carbons (Fsp3) is 0.556. The van der Waals surface area contributed by atoms with Gasteiger partial charge in [-0.15, -0.1) is 0 Å². The topological polar surface area (TPSA) is 73.9 Å². The quantitative estimate of drug-likeness (QED) is 0.611. The maximum atomic E-state index is 11.9. The van der Waals surface area contributed by atoms with E-state index in [1.807, 2.05) is 24.3 Å². The molecule has 2 amide bonds. The van der Waals surface area contributed by atoms with Crippen molar-refractivity contribution in [2.24, 2.45) is 0 Å². The number of piperazine rings is 1. The van der Waals surface area contributed by atoms with E-state index in [-0.39, 0.29) is 11.8 Å². The van der Waals surface area contributed by atoms with Gasteiger partial charge in [0.2, 0.25) is 11.8 Å². The van der Waals surface area contributed by atoms with Gasteiger partial charge in [-0.1, -0.05) is 23.7 Å². The van der Waals surface area contributed by atoms with Crippen LogP contribution in [0.25, 0.3) is 0 Å². The fourth-order valence-electron chi connectivity index (χ4n) is 2.72. The molecule has 2 rings (SSSR count). The number of para-hydroxylation sites is 1. The molecule has 0 unspecified atom stereocenters. The molecule has 1 fully saturated rings. The van der Waals surface area contributed by atoms with Crippen molar-refractivity contribution in [3.63, 3.8) is 0 Å². The normalized spacial score (nSPS) is 15.5. The van der Waals surface area contributed by atoms with Gasteiger partial charge in [0.1, 0.15) is 12.4 Å². The number of nitrogens with one attached hydrogen (secondary N) is 2. The Morgan fingerprint density at radius 3 is 2.42 bits per heavy atom. The number of halogens is 1. The molecule has 2 N–H and O–H groups in total. The first-order chi connectivity index (χ1) is 12.5. The zero-order valence-corrected chi connectivity index (χ0v) is 15.9. The summed E-state index contributed by atoms with van der Waals surface area (Å²) in [6.07, 6.45) is 0. The van der Waals surface area contributed by atoms with E-state index in [1.165, 1.54) is 6.92 Å². The molecule has 26 heavy (non-hydrogen) atoms. The van der Waals surface area contributed by atoms with Crippen LogP contribution in [0.15, 0.2) is 24.3 Å². The van der Waals surface area contributed by atoms with Crippen LogP contribution in [-0.4, -0.2) is 80.6 Å². The lowest BCUT2D eigenvalue weighted by atomic mass is 10.3. The molecule has 1 aromatic rings. The molecule has 1 aliphatic rings. The monoisotopic (exact) mass is 382 g/mol. The number of rotatable bonds is 9. The first-order valence-electron chi connectivity index (χ1n) is 8.88. The first kappa shape index (κ1) is 20.5. The standard InChI is InChI=1S/C18H27ClN4O3/c1-15(24)20-6-7-21-18(25)14-23-10-8-22(9-11-23)12-13-26-17-5-3-2-4-16(17)19/h2-5H,6-14H2,1H3,(H,20,24)(H,21,25). The Hall–Kier alpha value is -1.83. The van der Waals surface area contributed by atoms with E-state index in [2.05, 4.69) is 20.4 Å². The summed E-state index contributed by atoms with van der Waals surface area (Å²) in [5.41, 5.74) is 0.